The van der Waals surface area contributed by atoms with Crippen LogP contribution in [0.25, 0.3) is 0 Å². The van der Waals surface area contributed by atoms with E-state index in [1.165, 1.54) is 40.7 Å². The van der Waals surface area contributed by atoms with E-state index in [-0.39, 0.29) is 0 Å². The van der Waals surface area contributed by atoms with Gasteiger partial charge < -0.3 is 10.2 Å². The number of nitrogens with zero attached hydrogens (tertiary/aromatic N) is 1. The van der Waals surface area contributed by atoms with E-state index >= 15 is 0 Å². The molecule has 1 saturated carbocycles. The van der Waals surface area contributed by atoms with Crippen molar-refractivity contribution in [1.82, 2.24) is 5.32 Å². The van der Waals surface area contributed by atoms with E-state index in [4.69, 9.17) is 0 Å². The lowest BCUT2D eigenvalue weighted by molar-refractivity contribution is 0.655. The molecule has 1 N–H and O–H groups in total. The molecule has 1 aromatic carbocycles. The van der Waals surface area contributed by atoms with Crippen LogP contribution in [0.5, 0.6) is 0 Å². The van der Waals surface area contributed by atoms with Crippen LogP contribution in [0.1, 0.15) is 31.7 Å². The fourth-order valence-electron chi connectivity index (χ4n) is 2.47. The lowest BCUT2D eigenvalue weighted by Crippen LogP contribution is -2.34. The second-order valence-corrected chi connectivity index (χ2v) is 7.38. The third-order valence-electron chi connectivity index (χ3n) is 3.96. The van der Waals surface area contributed by atoms with Crippen LogP contribution >= 0.6 is 27.7 Å². The molecule has 0 amide bonds. The van der Waals surface area contributed by atoms with E-state index in [1.807, 2.05) is 11.8 Å². The van der Waals surface area contributed by atoms with Gasteiger partial charge in [-0.3, -0.25) is 0 Å². The third kappa shape index (κ3) is 4.40. The predicted molar refractivity (Wildman–Crippen MR) is 94.9 cm³/mol. The van der Waals surface area contributed by atoms with Crippen LogP contribution in [0.15, 0.2) is 22.7 Å². The van der Waals surface area contributed by atoms with Crippen molar-refractivity contribution in [1.29, 1.82) is 0 Å². The van der Waals surface area contributed by atoms with Crippen LogP contribution in [0.2, 0.25) is 0 Å². The van der Waals surface area contributed by atoms with E-state index in [1.54, 1.807) is 0 Å². The maximum Gasteiger partial charge on any atom is 0.0412 e. The second kappa shape index (κ2) is 7.71. The minimum Gasteiger partial charge on any atom is -0.371 e. The zero-order chi connectivity index (χ0) is 14.5. The molecule has 0 radical (unpaired) electrons. The number of thioether (sulfide) groups is 1. The Morgan fingerprint density at radius 2 is 2.20 bits per heavy atom. The summed E-state index contributed by atoms with van der Waals surface area (Å²) in [5.41, 5.74) is 2.76. The molecule has 20 heavy (non-hydrogen) atoms. The maximum absolute atomic E-state index is 3.63. The van der Waals surface area contributed by atoms with Crippen molar-refractivity contribution < 1.29 is 0 Å². The summed E-state index contributed by atoms with van der Waals surface area (Å²) >= 11 is 5.53. The van der Waals surface area contributed by atoms with Crippen LogP contribution in [-0.2, 0) is 6.54 Å². The van der Waals surface area contributed by atoms with E-state index < -0.39 is 0 Å². The minimum absolute atomic E-state index is 0.603. The molecule has 0 spiro atoms. The van der Waals surface area contributed by atoms with Crippen molar-refractivity contribution in [2.45, 2.75) is 44.8 Å². The fraction of sp³-hybridized carbons (Fsp3) is 0.625. The lowest BCUT2D eigenvalue weighted by Gasteiger charge is -2.31. The second-order valence-electron chi connectivity index (χ2n) is 5.56. The van der Waals surface area contributed by atoms with Gasteiger partial charge in [0.15, 0.2) is 0 Å². The highest BCUT2D eigenvalue weighted by Gasteiger charge is 2.21. The van der Waals surface area contributed by atoms with Crippen LogP contribution in [0.4, 0.5) is 5.69 Å². The Kier molecular flexibility index (Phi) is 6.24. The SMILES string of the molecule is CCC(CSC)N(C)c1ccc(Br)cc1CNC1CC1. The number of rotatable bonds is 8. The van der Waals surface area contributed by atoms with Gasteiger partial charge in [-0.2, -0.15) is 11.8 Å². The fourth-order valence-corrected chi connectivity index (χ4v) is 3.73. The van der Waals surface area contributed by atoms with Crippen molar-refractivity contribution in [2.24, 2.45) is 0 Å². The number of benzene rings is 1. The van der Waals surface area contributed by atoms with Gasteiger partial charge in [0.2, 0.25) is 0 Å². The number of hydrogen-bond acceptors (Lipinski definition) is 3. The molecule has 1 fully saturated rings. The molecular weight excluding hydrogens is 332 g/mol. The standard InChI is InChI=1S/C16H25BrN2S/c1-4-15(11-20-3)19(2)16-8-5-13(17)9-12(16)10-18-14-6-7-14/h5,8-9,14-15,18H,4,6-7,10-11H2,1-3H3. The first-order valence-corrected chi connectivity index (χ1v) is 9.58. The minimum atomic E-state index is 0.603. The summed E-state index contributed by atoms with van der Waals surface area (Å²) in [4.78, 5) is 2.45. The predicted octanol–water partition coefficient (Wildman–Crippen LogP) is 4.28. The van der Waals surface area contributed by atoms with Crippen molar-refractivity contribution >= 4 is 33.4 Å². The van der Waals surface area contributed by atoms with E-state index in [9.17, 15) is 0 Å². The Balaban J connectivity index is 2.14. The number of halogens is 1. The Hall–Kier alpha value is -0.190. The Bertz CT molecular complexity index is 434. The average molecular weight is 357 g/mol. The number of anilines is 1. The highest BCUT2D eigenvalue weighted by Crippen LogP contribution is 2.28. The molecule has 0 aromatic heterocycles. The summed E-state index contributed by atoms with van der Waals surface area (Å²) in [5, 5.41) is 3.63. The molecule has 1 aliphatic carbocycles. The molecule has 4 heteroatoms. The Morgan fingerprint density at radius 1 is 1.45 bits per heavy atom. The van der Waals surface area contributed by atoms with Crippen LogP contribution in [0.3, 0.4) is 0 Å². The highest BCUT2D eigenvalue weighted by atomic mass is 79.9. The van der Waals surface area contributed by atoms with Gasteiger partial charge in [0.25, 0.3) is 0 Å². The van der Waals surface area contributed by atoms with Gasteiger partial charge >= 0.3 is 0 Å². The van der Waals surface area contributed by atoms with Gasteiger partial charge in [-0.05, 0) is 49.3 Å². The summed E-state index contributed by atoms with van der Waals surface area (Å²) in [5.74, 6) is 1.18. The number of nitrogens with one attached hydrogen (secondary N) is 1. The van der Waals surface area contributed by atoms with Crippen LogP contribution < -0.4 is 10.2 Å². The summed E-state index contributed by atoms with van der Waals surface area (Å²) < 4.78 is 1.17. The topological polar surface area (TPSA) is 15.3 Å². The van der Waals surface area contributed by atoms with E-state index in [0.717, 1.165) is 12.6 Å². The van der Waals surface area contributed by atoms with Gasteiger partial charge in [-0.1, -0.05) is 22.9 Å². The van der Waals surface area contributed by atoms with Gasteiger partial charge in [-0.25, -0.2) is 0 Å². The molecule has 0 aliphatic heterocycles. The molecule has 0 saturated heterocycles. The molecule has 2 rings (SSSR count). The molecule has 2 nitrogen and oxygen atoms in total. The molecular formula is C16H25BrN2S. The van der Waals surface area contributed by atoms with Gasteiger partial charge in [0.05, 0.1) is 0 Å². The molecule has 0 bridgehead atoms. The maximum atomic E-state index is 3.63. The molecule has 1 aliphatic rings. The molecule has 1 atom stereocenters. The summed E-state index contributed by atoms with van der Waals surface area (Å²) in [6.45, 7) is 3.25. The van der Waals surface area contributed by atoms with Crippen LogP contribution in [-0.4, -0.2) is 31.1 Å². The normalized spacial score (nSPS) is 16.2. The zero-order valence-corrected chi connectivity index (χ0v) is 15.1. The van der Waals surface area contributed by atoms with Crippen molar-refractivity contribution in [3.8, 4) is 0 Å². The number of hydrogen-bond donors (Lipinski definition) is 1. The molecule has 112 valence electrons. The van der Waals surface area contributed by atoms with E-state index in [2.05, 4.69) is 64.6 Å². The lowest BCUT2D eigenvalue weighted by atomic mass is 10.1. The zero-order valence-electron chi connectivity index (χ0n) is 12.7. The first kappa shape index (κ1) is 16.2. The summed E-state index contributed by atoms with van der Waals surface area (Å²) in [6, 6.07) is 8.01. The highest BCUT2D eigenvalue weighted by molar-refractivity contribution is 9.10. The monoisotopic (exact) mass is 356 g/mol. The molecule has 1 aromatic rings. The Morgan fingerprint density at radius 3 is 2.80 bits per heavy atom. The quantitative estimate of drug-likeness (QED) is 0.748. The van der Waals surface area contributed by atoms with Crippen molar-refractivity contribution in [3.05, 3.63) is 28.2 Å². The van der Waals surface area contributed by atoms with Gasteiger partial charge in [-0.15, -0.1) is 0 Å². The smallest absolute Gasteiger partial charge is 0.0412 e. The van der Waals surface area contributed by atoms with Gasteiger partial charge in [0, 0.05) is 41.6 Å². The molecule has 0 heterocycles. The van der Waals surface area contributed by atoms with Gasteiger partial charge in [0.1, 0.15) is 0 Å². The Labute approximate surface area is 135 Å². The molecule has 1 unspecified atom stereocenters. The average Bonchev–Trinajstić information content (AvgIpc) is 3.26. The summed E-state index contributed by atoms with van der Waals surface area (Å²) in [7, 11) is 2.23. The van der Waals surface area contributed by atoms with Crippen LogP contribution in [0, 0.1) is 0 Å². The van der Waals surface area contributed by atoms with E-state index in [0.29, 0.717) is 6.04 Å². The third-order valence-corrected chi connectivity index (χ3v) is 5.17. The summed E-state index contributed by atoms with van der Waals surface area (Å²) in [6.07, 6.45) is 6.04. The first-order chi connectivity index (χ1) is 9.65. The first-order valence-electron chi connectivity index (χ1n) is 7.39. The largest absolute Gasteiger partial charge is 0.371 e. The van der Waals surface area contributed by atoms with Crippen molar-refractivity contribution in [3.63, 3.8) is 0 Å². The van der Waals surface area contributed by atoms with Crippen molar-refractivity contribution in [2.75, 3.05) is 24.0 Å².